The highest BCUT2D eigenvalue weighted by atomic mass is 16.5. The van der Waals surface area contributed by atoms with Crippen molar-refractivity contribution < 1.29 is 38.3 Å². The molecule has 1 aliphatic rings. The van der Waals surface area contributed by atoms with Gasteiger partial charge in [-0.1, -0.05) is 27.7 Å². The molecule has 1 heterocycles. The third kappa shape index (κ3) is 9.75. The van der Waals surface area contributed by atoms with Crippen LogP contribution in [0, 0.1) is 11.8 Å². The van der Waals surface area contributed by atoms with Crippen molar-refractivity contribution in [2.24, 2.45) is 17.6 Å². The van der Waals surface area contributed by atoms with Crippen LogP contribution in [0.1, 0.15) is 66.7 Å². The van der Waals surface area contributed by atoms with Gasteiger partial charge in [0, 0.05) is 19.9 Å². The van der Waals surface area contributed by atoms with Gasteiger partial charge in [-0.2, -0.15) is 0 Å². The van der Waals surface area contributed by atoms with Crippen LogP contribution >= 0.6 is 0 Å². The molecule has 0 saturated carbocycles. The lowest BCUT2D eigenvalue weighted by molar-refractivity contribution is -0.147. The lowest BCUT2D eigenvalue weighted by Gasteiger charge is -2.32. The van der Waals surface area contributed by atoms with Gasteiger partial charge in [-0.05, 0) is 37.5 Å². The summed E-state index contributed by atoms with van der Waals surface area (Å²) in [5.41, 5.74) is 4.96. The molecule has 0 unspecified atom stereocenters. The van der Waals surface area contributed by atoms with Gasteiger partial charge < -0.3 is 31.3 Å². The van der Waals surface area contributed by atoms with Crippen LogP contribution in [-0.4, -0.2) is 84.0 Å². The lowest BCUT2D eigenvalue weighted by Crippen LogP contribution is -2.58. The number of nitrogens with one attached hydrogen (secondary N) is 3. The summed E-state index contributed by atoms with van der Waals surface area (Å²) >= 11 is 0. The highest BCUT2D eigenvalue weighted by Gasteiger charge is 2.40. The molecule has 1 saturated heterocycles. The first kappa shape index (κ1) is 32.5. The first-order valence-corrected chi connectivity index (χ1v) is 12.8. The summed E-state index contributed by atoms with van der Waals surface area (Å²) in [4.78, 5) is 87.5. The number of amides is 5. The van der Waals surface area contributed by atoms with Gasteiger partial charge in [0.1, 0.15) is 24.2 Å². The van der Waals surface area contributed by atoms with Crippen LogP contribution in [0.4, 0.5) is 0 Å². The van der Waals surface area contributed by atoms with Crippen LogP contribution in [0.5, 0.6) is 0 Å². The molecule has 13 nitrogen and oxygen atoms in total. The number of nitrogens with zero attached hydrogens (tertiary/aromatic N) is 1. The number of nitrogens with two attached hydrogens (primary N) is 1. The van der Waals surface area contributed by atoms with E-state index in [0.717, 1.165) is 0 Å². The van der Waals surface area contributed by atoms with Crippen molar-refractivity contribution in [1.82, 2.24) is 20.9 Å². The average Bonchev–Trinajstić information content (AvgIpc) is 3.32. The maximum absolute atomic E-state index is 13.5. The number of primary amides is 1. The van der Waals surface area contributed by atoms with Crippen LogP contribution in [0.15, 0.2) is 0 Å². The molecule has 5 amide bonds. The molecule has 1 rings (SSSR count). The second kappa shape index (κ2) is 15.0. The van der Waals surface area contributed by atoms with Gasteiger partial charge in [-0.25, -0.2) is 4.79 Å². The van der Waals surface area contributed by atoms with Gasteiger partial charge in [0.15, 0.2) is 0 Å². The van der Waals surface area contributed by atoms with E-state index in [1.807, 2.05) is 13.8 Å². The predicted molar refractivity (Wildman–Crippen MR) is 136 cm³/mol. The molecule has 0 aromatic carbocycles. The van der Waals surface area contributed by atoms with Crippen molar-refractivity contribution in [1.29, 1.82) is 0 Å². The molecular formula is C25H41N5O8. The third-order valence-electron chi connectivity index (χ3n) is 6.21. The summed E-state index contributed by atoms with van der Waals surface area (Å²) in [6.07, 6.45) is 0.757. The molecule has 0 aliphatic carbocycles. The SMILES string of the molecule is COC(=O)[C@H](CC(C)C)NC(=O)[C@@H]1CCCN1C(=O)[C@@H](NC(=O)[C@H](CCC(=O)C(N)=O)NC(C)=O)C(C)C. The fourth-order valence-corrected chi connectivity index (χ4v) is 4.26. The van der Waals surface area contributed by atoms with Crippen LogP contribution in [0.2, 0.25) is 0 Å². The third-order valence-corrected chi connectivity index (χ3v) is 6.21. The monoisotopic (exact) mass is 539 g/mol. The van der Waals surface area contributed by atoms with E-state index < -0.39 is 65.5 Å². The molecule has 5 N–H and O–H groups in total. The molecule has 0 radical (unpaired) electrons. The number of carbonyl (C=O) groups is 7. The number of esters is 1. The number of ketones is 1. The fourth-order valence-electron chi connectivity index (χ4n) is 4.26. The van der Waals surface area contributed by atoms with Crippen molar-refractivity contribution in [3.05, 3.63) is 0 Å². The topological polar surface area (TPSA) is 194 Å². The van der Waals surface area contributed by atoms with E-state index in [4.69, 9.17) is 10.5 Å². The van der Waals surface area contributed by atoms with Gasteiger partial charge in [-0.3, -0.25) is 28.8 Å². The van der Waals surface area contributed by atoms with E-state index in [1.54, 1.807) is 13.8 Å². The Labute approximate surface area is 222 Å². The second-order valence-corrected chi connectivity index (χ2v) is 10.2. The quantitative estimate of drug-likeness (QED) is 0.162. The molecule has 38 heavy (non-hydrogen) atoms. The number of likely N-dealkylation sites (tertiary alicyclic amines) is 1. The van der Waals surface area contributed by atoms with Crippen molar-refractivity contribution in [2.75, 3.05) is 13.7 Å². The largest absolute Gasteiger partial charge is 0.467 e. The minimum Gasteiger partial charge on any atom is -0.467 e. The molecule has 214 valence electrons. The van der Waals surface area contributed by atoms with Crippen molar-refractivity contribution in [3.63, 3.8) is 0 Å². The first-order chi connectivity index (χ1) is 17.7. The molecule has 4 atom stereocenters. The van der Waals surface area contributed by atoms with E-state index in [-0.39, 0.29) is 31.2 Å². The Balaban J connectivity index is 3.04. The van der Waals surface area contributed by atoms with Gasteiger partial charge >= 0.3 is 5.97 Å². The Kier molecular flexibility index (Phi) is 12.9. The zero-order valence-electron chi connectivity index (χ0n) is 23.0. The smallest absolute Gasteiger partial charge is 0.328 e. The van der Waals surface area contributed by atoms with E-state index in [2.05, 4.69) is 16.0 Å². The van der Waals surface area contributed by atoms with Crippen LogP contribution in [0.25, 0.3) is 0 Å². The molecule has 0 aromatic rings. The maximum Gasteiger partial charge on any atom is 0.328 e. The zero-order chi connectivity index (χ0) is 29.2. The van der Waals surface area contributed by atoms with Gasteiger partial charge in [0.05, 0.1) is 7.11 Å². The number of hydrogen-bond donors (Lipinski definition) is 4. The minimum absolute atomic E-state index is 0.107. The van der Waals surface area contributed by atoms with E-state index in [0.29, 0.717) is 19.3 Å². The average molecular weight is 540 g/mol. The minimum atomic E-state index is -1.18. The number of methoxy groups -OCH3 is 1. The van der Waals surface area contributed by atoms with E-state index >= 15 is 0 Å². The Bertz CT molecular complexity index is 919. The van der Waals surface area contributed by atoms with Gasteiger partial charge in [0.25, 0.3) is 5.91 Å². The molecule has 1 aliphatic heterocycles. The fraction of sp³-hybridized carbons (Fsp3) is 0.720. The normalized spacial score (nSPS) is 17.4. The van der Waals surface area contributed by atoms with E-state index in [1.165, 1.54) is 18.9 Å². The Morgan fingerprint density at radius 3 is 2.11 bits per heavy atom. The predicted octanol–water partition coefficient (Wildman–Crippen LogP) is -0.839. The number of ether oxygens (including phenoxy) is 1. The van der Waals surface area contributed by atoms with Gasteiger partial charge in [0.2, 0.25) is 29.4 Å². The molecular weight excluding hydrogens is 498 g/mol. The summed E-state index contributed by atoms with van der Waals surface area (Å²) in [7, 11) is 1.24. The molecule has 1 fully saturated rings. The van der Waals surface area contributed by atoms with Crippen molar-refractivity contribution in [3.8, 4) is 0 Å². The Hall–Kier alpha value is -3.51. The van der Waals surface area contributed by atoms with Crippen LogP contribution < -0.4 is 21.7 Å². The summed E-state index contributed by atoms with van der Waals surface area (Å²) in [6, 6.07) is -3.91. The second-order valence-electron chi connectivity index (χ2n) is 10.2. The summed E-state index contributed by atoms with van der Waals surface area (Å²) in [5.74, 6) is -5.12. The van der Waals surface area contributed by atoms with Gasteiger partial charge in [-0.15, -0.1) is 0 Å². The first-order valence-electron chi connectivity index (χ1n) is 12.8. The summed E-state index contributed by atoms with van der Waals surface area (Å²) in [6.45, 7) is 8.71. The standard InChI is InChI=1S/C25H41N5O8/c1-13(2)12-17(25(37)38-6)28-23(35)18-8-7-11-30(18)24(36)20(14(3)4)29-22(34)16(27-15(5)31)9-10-19(32)21(26)33/h13-14,16-18,20H,7-12H2,1-6H3,(H2,26,33)(H,27,31)(H,28,35)(H,29,34)/t16-,17-,18-,20-/m0/s1. The van der Waals surface area contributed by atoms with E-state index in [9.17, 15) is 33.6 Å². The van der Waals surface area contributed by atoms with Crippen molar-refractivity contribution in [2.45, 2.75) is 90.9 Å². The summed E-state index contributed by atoms with van der Waals surface area (Å²) in [5, 5.41) is 7.75. The maximum atomic E-state index is 13.5. The Morgan fingerprint density at radius 2 is 1.61 bits per heavy atom. The highest BCUT2D eigenvalue weighted by Crippen LogP contribution is 2.21. The Morgan fingerprint density at radius 1 is 0.974 bits per heavy atom. The number of rotatable bonds is 14. The molecule has 0 bridgehead atoms. The molecule has 0 aromatic heterocycles. The number of Topliss-reactive ketones (excluding diaryl/α,β-unsaturated/α-hetero) is 1. The zero-order valence-corrected chi connectivity index (χ0v) is 23.0. The van der Waals surface area contributed by atoms with Crippen molar-refractivity contribution >= 4 is 41.3 Å². The van der Waals surface area contributed by atoms with Crippen LogP contribution in [0.3, 0.4) is 0 Å². The highest BCUT2D eigenvalue weighted by molar-refractivity contribution is 6.35. The van der Waals surface area contributed by atoms with Crippen LogP contribution in [-0.2, 0) is 38.3 Å². The number of hydrogen-bond acceptors (Lipinski definition) is 8. The lowest BCUT2D eigenvalue weighted by atomic mass is 10.00. The number of carbonyl (C=O) groups excluding carboxylic acids is 7. The molecule has 13 heteroatoms. The molecule has 0 spiro atoms. The summed E-state index contributed by atoms with van der Waals surface area (Å²) < 4.78 is 4.80.